The van der Waals surface area contributed by atoms with Gasteiger partial charge in [0.15, 0.2) is 5.13 Å². The number of aromatic amines is 1. The van der Waals surface area contributed by atoms with Crippen molar-refractivity contribution >= 4 is 48.9 Å². The molecule has 2 N–H and O–H groups in total. The third kappa shape index (κ3) is 4.76. The minimum Gasteiger partial charge on any atom is -0.508 e. The maximum Gasteiger partial charge on any atom is 0.272 e. The smallest absolute Gasteiger partial charge is 0.272 e. The Hall–Kier alpha value is -3.93. The van der Waals surface area contributed by atoms with E-state index in [1.54, 1.807) is 41.8 Å². The third-order valence-corrected chi connectivity index (χ3v) is 8.54. The second-order valence-corrected chi connectivity index (χ2v) is 11.1. The number of hydrogen-bond donors (Lipinski definition) is 2. The standard InChI is InChI=1S/C25H19ClN4O5S2/c1-35-22-9-4-16(26)12-21(22)23-19-8-7-18(13-20(19)24(32)29-28-23)37(33,34)30(25-27-10-11-36-25)14-15-2-5-17(31)6-3-15/h2-13,31H,14H2,1H3,(H,29,32). The van der Waals surface area contributed by atoms with Gasteiger partial charge in [0.05, 0.1) is 23.9 Å². The van der Waals surface area contributed by atoms with E-state index in [2.05, 4.69) is 15.2 Å². The number of phenols is 1. The molecule has 0 saturated heterocycles. The predicted octanol–water partition coefficient (Wildman–Crippen LogP) is 4.81. The molecule has 0 aliphatic heterocycles. The summed E-state index contributed by atoms with van der Waals surface area (Å²) in [6.07, 6.45) is 1.51. The number of ether oxygens (including phenoxy) is 1. The van der Waals surface area contributed by atoms with Gasteiger partial charge in [0.1, 0.15) is 17.2 Å². The van der Waals surface area contributed by atoms with Gasteiger partial charge >= 0.3 is 0 Å². The van der Waals surface area contributed by atoms with Crippen LogP contribution in [0, 0.1) is 0 Å². The molecule has 0 aliphatic carbocycles. The minimum absolute atomic E-state index is 0.0220. The summed E-state index contributed by atoms with van der Waals surface area (Å²) in [4.78, 5) is 16.9. The van der Waals surface area contributed by atoms with Crippen LogP contribution in [-0.4, -0.2) is 35.8 Å². The summed E-state index contributed by atoms with van der Waals surface area (Å²) in [6.45, 7) is -0.0220. The van der Waals surface area contributed by atoms with Crippen LogP contribution in [0.25, 0.3) is 22.0 Å². The van der Waals surface area contributed by atoms with Crippen molar-refractivity contribution in [1.29, 1.82) is 0 Å². The fourth-order valence-corrected chi connectivity index (χ4v) is 6.34. The van der Waals surface area contributed by atoms with Crippen LogP contribution in [0.4, 0.5) is 5.13 Å². The summed E-state index contributed by atoms with van der Waals surface area (Å²) in [7, 11) is -2.63. The molecule has 0 unspecified atom stereocenters. The number of hydrogen-bond acceptors (Lipinski definition) is 8. The number of phenolic OH excluding ortho intramolecular Hbond substituents is 1. The second-order valence-electron chi connectivity index (χ2n) is 7.95. The Morgan fingerprint density at radius 2 is 1.86 bits per heavy atom. The summed E-state index contributed by atoms with van der Waals surface area (Å²) >= 11 is 7.36. The number of methoxy groups -OCH3 is 1. The van der Waals surface area contributed by atoms with Gasteiger partial charge in [0.25, 0.3) is 15.6 Å². The molecule has 12 heteroatoms. The van der Waals surface area contributed by atoms with Crippen LogP contribution in [0.1, 0.15) is 5.56 Å². The number of H-pyrrole nitrogens is 1. The fraction of sp³-hybridized carbons (Fsp3) is 0.0800. The number of rotatable bonds is 7. The maximum absolute atomic E-state index is 13.8. The number of aromatic hydroxyl groups is 1. The third-order valence-electron chi connectivity index (χ3n) is 5.66. The Balaban J connectivity index is 1.64. The van der Waals surface area contributed by atoms with E-state index in [1.165, 1.54) is 53.2 Å². The molecule has 0 radical (unpaired) electrons. The van der Waals surface area contributed by atoms with E-state index in [4.69, 9.17) is 16.3 Å². The van der Waals surface area contributed by atoms with Crippen molar-refractivity contribution in [3.63, 3.8) is 0 Å². The molecule has 0 fully saturated rings. The summed E-state index contributed by atoms with van der Waals surface area (Å²) in [5.41, 5.74) is 1.04. The number of nitrogens with one attached hydrogen (secondary N) is 1. The van der Waals surface area contributed by atoms with Gasteiger partial charge in [-0.05, 0) is 48.0 Å². The molecule has 9 nitrogen and oxygen atoms in total. The van der Waals surface area contributed by atoms with E-state index < -0.39 is 15.6 Å². The Morgan fingerprint density at radius 1 is 1.08 bits per heavy atom. The molecule has 0 spiro atoms. The van der Waals surface area contributed by atoms with Crippen LogP contribution in [-0.2, 0) is 16.6 Å². The first kappa shape index (κ1) is 24.8. The topological polar surface area (TPSA) is 125 Å². The average Bonchev–Trinajstić information content (AvgIpc) is 3.43. The molecular formula is C25H19ClN4O5S2. The van der Waals surface area contributed by atoms with Crippen molar-refractivity contribution in [3.05, 3.63) is 93.2 Å². The number of anilines is 1. The molecule has 0 saturated carbocycles. The number of benzene rings is 3. The molecule has 5 rings (SSSR count). The summed E-state index contributed by atoms with van der Waals surface area (Å²) in [5.74, 6) is 0.563. The van der Waals surface area contributed by atoms with Gasteiger partial charge in [-0.2, -0.15) is 5.10 Å². The Kier molecular flexibility index (Phi) is 6.59. The van der Waals surface area contributed by atoms with Gasteiger partial charge in [-0.1, -0.05) is 29.8 Å². The molecule has 0 bridgehead atoms. The van der Waals surface area contributed by atoms with Gasteiger partial charge in [0, 0.05) is 27.5 Å². The normalized spacial score (nSPS) is 11.5. The number of thiazole rings is 1. The van der Waals surface area contributed by atoms with Crippen molar-refractivity contribution in [2.24, 2.45) is 0 Å². The van der Waals surface area contributed by atoms with Crippen LogP contribution >= 0.6 is 22.9 Å². The summed E-state index contributed by atoms with van der Waals surface area (Å²) in [6, 6.07) is 15.5. The lowest BCUT2D eigenvalue weighted by Gasteiger charge is -2.22. The average molecular weight is 555 g/mol. The quantitative estimate of drug-likeness (QED) is 0.296. The first-order chi connectivity index (χ1) is 17.8. The van der Waals surface area contributed by atoms with E-state index >= 15 is 0 Å². The minimum atomic E-state index is -4.14. The van der Waals surface area contributed by atoms with E-state index in [-0.39, 0.29) is 27.7 Å². The zero-order valence-electron chi connectivity index (χ0n) is 19.3. The number of aromatic nitrogens is 3. The van der Waals surface area contributed by atoms with Gasteiger partial charge < -0.3 is 9.84 Å². The zero-order chi connectivity index (χ0) is 26.2. The van der Waals surface area contributed by atoms with Crippen LogP contribution in [0.5, 0.6) is 11.5 Å². The zero-order valence-corrected chi connectivity index (χ0v) is 21.6. The monoisotopic (exact) mass is 554 g/mol. The van der Waals surface area contributed by atoms with Gasteiger partial charge in [-0.3, -0.25) is 4.79 Å². The Morgan fingerprint density at radius 3 is 2.57 bits per heavy atom. The Bertz CT molecular complexity index is 1750. The molecule has 0 amide bonds. The molecule has 2 aromatic heterocycles. The fourth-order valence-electron chi connectivity index (χ4n) is 3.86. The van der Waals surface area contributed by atoms with Gasteiger partial charge in [0.2, 0.25) is 0 Å². The molecule has 37 heavy (non-hydrogen) atoms. The number of halogens is 1. The van der Waals surface area contributed by atoms with Crippen LogP contribution in [0.3, 0.4) is 0 Å². The SMILES string of the molecule is COc1ccc(Cl)cc1-c1n[nH]c(=O)c2cc(S(=O)(=O)N(Cc3ccc(O)cc3)c3nccs3)ccc12. The van der Waals surface area contributed by atoms with Crippen molar-refractivity contribution in [3.8, 4) is 22.8 Å². The van der Waals surface area contributed by atoms with Crippen molar-refractivity contribution in [2.75, 3.05) is 11.4 Å². The molecule has 3 aromatic carbocycles. The van der Waals surface area contributed by atoms with Crippen molar-refractivity contribution < 1.29 is 18.3 Å². The highest BCUT2D eigenvalue weighted by molar-refractivity contribution is 7.93. The lowest BCUT2D eigenvalue weighted by atomic mass is 10.0. The molecule has 2 heterocycles. The summed E-state index contributed by atoms with van der Waals surface area (Å²) in [5, 5.41) is 19.2. The maximum atomic E-state index is 13.8. The number of nitrogens with zero attached hydrogens (tertiary/aromatic N) is 3. The van der Waals surface area contributed by atoms with Crippen LogP contribution in [0.15, 0.2) is 81.9 Å². The van der Waals surface area contributed by atoms with E-state index in [1.807, 2.05) is 0 Å². The lowest BCUT2D eigenvalue weighted by molar-refractivity contribution is 0.416. The van der Waals surface area contributed by atoms with E-state index in [9.17, 15) is 18.3 Å². The number of fused-ring (bicyclic) bond motifs is 1. The summed E-state index contributed by atoms with van der Waals surface area (Å²) < 4.78 is 34.3. The van der Waals surface area contributed by atoms with Crippen LogP contribution < -0.4 is 14.6 Å². The molecule has 0 atom stereocenters. The van der Waals surface area contributed by atoms with E-state index in [0.29, 0.717) is 33.0 Å². The second kappa shape index (κ2) is 9.85. The highest BCUT2D eigenvalue weighted by Gasteiger charge is 2.28. The first-order valence-electron chi connectivity index (χ1n) is 10.8. The molecular weight excluding hydrogens is 536 g/mol. The van der Waals surface area contributed by atoms with Gasteiger partial charge in [-0.25, -0.2) is 22.8 Å². The van der Waals surface area contributed by atoms with Crippen molar-refractivity contribution in [2.45, 2.75) is 11.4 Å². The van der Waals surface area contributed by atoms with Crippen LogP contribution in [0.2, 0.25) is 5.02 Å². The largest absolute Gasteiger partial charge is 0.508 e. The van der Waals surface area contributed by atoms with E-state index in [0.717, 1.165) is 0 Å². The molecule has 5 aromatic rings. The molecule has 0 aliphatic rings. The number of sulfonamides is 1. The predicted molar refractivity (Wildman–Crippen MR) is 143 cm³/mol. The van der Waals surface area contributed by atoms with Gasteiger partial charge in [-0.15, -0.1) is 11.3 Å². The lowest BCUT2D eigenvalue weighted by Crippen LogP contribution is -2.30. The Labute approximate surface area is 220 Å². The first-order valence-corrected chi connectivity index (χ1v) is 13.5. The highest BCUT2D eigenvalue weighted by atomic mass is 35.5. The molecule has 188 valence electrons. The van der Waals surface area contributed by atoms with Crippen molar-refractivity contribution in [1.82, 2.24) is 15.2 Å². The highest BCUT2D eigenvalue weighted by Crippen LogP contribution is 2.35.